The van der Waals surface area contributed by atoms with E-state index in [1.165, 1.54) is 43.4 Å². The van der Waals surface area contributed by atoms with Gasteiger partial charge in [0.1, 0.15) is 0 Å². The van der Waals surface area contributed by atoms with Gasteiger partial charge >= 0.3 is 0 Å². The van der Waals surface area contributed by atoms with E-state index < -0.39 is 0 Å². The Hall–Kier alpha value is -0.380. The van der Waals surface area contributed by atoms with E-state index in [1.54, 1.807) is 0 Å². The maximum absolute atomic E-state index is 5.82. The summed E-state index contributed by atoms with van der Waals surface area (Å²) in [7, 11) is 0. The van der Waals surface area contributed by atoms with Crippen LogP contribution in [0, 0.1) is 5.92 Å². The van der Waals surface area contributed by atoms with Crippen LogP contribution in [0.2, 0.25) is 0 Å². The smallest absolute Gasteiger partial charge is 0.0587 e. The third-order valence-electron chi connectivity index (χ3n) is 4.96. The molecule has 20 heavy (non-hydrogen) atoms. The van der Waals surface area contributed by atoms with E-state index in [2.05, 4.69) is 29.8 Å². The van der Waals surface area contributed by atoms with Gasteiger partial charge in [0.25, 0.3) is 0 Å². The predicted molar refractivity (Wildman–Crippen MR) is 85.2 cm³/mol. The molecule has 112 valence electrons. The molecular formula is C17H27NOS. The zero-order valence-electron chi connectivity index (χ0n) is 12.5. The highest BCUT2D eigenvalue weighted by atomic mass is 32.1. The van der Waals surface area contributed by atoms with E-state index in [0.29, 0.717) is 18.2 Å². The maximum Gasteiger partial charge on any atom is 0.0587 e. The molecule has 0 spiro atoms. The molecule has 1 N–H and O–H groups in total. The summed E-state index contributed by atoms with van der Waals surface area (Å²) in [5.41, 5.74) is 0. The van der Waals surface area contributed by atoms with Gasteiger partial charge in [-0.3, -0.25) is 0 Å². The monoisotopic (exact) mass is 293 g/mol. The Morgan fingerprint density at radius 1 is 1.35 bits per heavy atom. The van der Waals surface area contributed by atoms with Crippen molar-refractivity contribution >= 4 is 11.3 Å². The summed E-state index contributed by atoms with van der Waals surface area (Å²) in [4.78, 5) is 1.54. The second-order valence-electron chi connectivity index (χ2n) is 6.33. The highest BCUT2D eigenvalue weighted by Gasteiger charge is 2.30. The molecule has 3 heteroatoms. The van der Waals surface area contributed by atoms with Gasteiger partial charge in [-0.05, 0) is 49.5 Å². The number of hydrogen-bond acceptors (Lipinski definition) is 3. The molecular weight excluding hydrogens is 266 g/mol. The van der Waals surface area contributed by atoms with E-state index in [-0.39, 0.29) is 0 Å². The Kier molecular flexibility index (Phi) is 5.14. The zero-order chi connectivity index (χ0) is 13.8. The first-order valence-electron chi connectivity index (χ1n) is 8.28. The van der Waals surface area contributed by atoms with Crippen molar-refractivity contribution < 1.29 is 4.74 Å². The molecule has 3 rings (SSSR count). The lowest BCUT2D eigenvalue weighted by atomic mass is 9.93. The number of hydrogen-bond donors (Lipinski definition) is 1. The molecule has 2 aliphatic rings. The van der Waals surface area contributed by atoms with Crippen LogP contribution in [-0.2, 0) is 4.74 Å². The lowest BCUT2D eigenvalue weighted by molar-refractivity contribution is -0.00326. The van der Waals surface area contributed by atoms with Crippen LogP contribution < -0.4 is 5.32 Å². The van der Waals surface area contributed by atoms with Gasteiger partial charge < -0.3 is 10.1 Å². The largest absolute Gasteiger partial charge is 0.378 e. The molecule has 2 heterocycles. The third-order valence-corrected chi connectivity index (χ3v) is 5.91. The normalized spacial score (nSPS) is 29.6. The average Bonchev–Trinajstić information content (AvgIpc) is 3.18. The van der Waals surface area contributed by atoms with Crippen molar-refractivity contribution in [2.45, 2.75) is 70.1 Å². The molecule has 2 nitrogen and oxygen atoms in total. The van der Waals surface area contributed by atoms with Crippen molar-refractivity contribution in [1.29, 1.82) is 0 Å². The molecule has 1 aromatic rings. The summed E-state index contributed by atoms with van der Waals surface area (Å²) < 4.78 is 5.82. The Labute approximate surface area is 126 Å². The van der Waals surface area contributed by atoms with Crippen molar-refractivity contribution in [3.05, 3.63) is 22.4 Å². The molecule has 1 saturated heterocycles. The summed E-state index contributed by atoms with van der Waals surface area (Å²) in [6.07, 6.45) is 9.60. The van der Waals surface area contributed by atoms with E-state index in [0.717, 1.165) is 18.9 Å². The van der Waals surface area contributed by atoms with Crippen LogP contribution >= 0.6 is 11.3 Å². The second kappa shape index (κ2) is 7.06. The number of ether oxygens (including phenoxy) is 1. The minimum atomic E-state index is 0.466. The third kappa shape index (κ3) is 3.44. The molecule has 1 aliphatic heterocycles. The molecule has 3 atom stereocenters. The molecule has 1 aromatic heterocycles. The fourth-order valence-corrected chi connectivity index (χ4v) is 4.66. The van der Waals surface area contributed by atoms with Crippen LogP contribution in [-0.4, -0.2) is 18.8 Å². The minimum absolute atomic E-state index is 0.466. The first-order valence-corrected chi connectivity index (χ1v) is 9.16. The number of rotatable bonds is 5. The number of nitrogens with one attached hydrogen (secondary N) is 1. The first kappa shape index (κ1) is 14.6. The minimum Gasteiger partial charge on any atom is -0.378 e. The Balaban J connectivity index is 1.66. The van der Waals surface area contributed by atoms with E-state index >= 15 is 0 Å². The van der Waals surface area contributed by atoms with Crippen LogP contribution in [0.1, 0.15) is 62.8 Å². The van der Waals surface area contributed by atoms with Gasteiger partial charge in [0, 0.05) is 23.6 Å². The Morgan fingerprint density at radius 3 is 2.90 bits per heavy atom. The quantitative estimate of drug-likeness (QED) is 0.861. The molecule has 3 unspecified atom stereocenters. The molecule has 0 amide bonds. The van der Waals surface area contributed by atoms with Crippen LogP contribution in [0.3, 0.4) is 0 Å². The van der Waals surface area contributed by atoms with Crippen LogP contribution in [0.25, 0.3) is 0 Å². The summed E-state index contributed by atoms with van der Waals surface area (Å²) in [6.45, 7) is 3.17. The highest BCUT2D eigenvalue weighted by molar-refractivity contribution is 7.10. The van der Waals surface area contributed by atoms with Crippen LogP contribution in [0.4, 0.5) is 0 Å². The second-order valence-corrected chi connectivity index (χ2v) is 7.31. The topological polar surface area (TPSA) is 21.3 Å². The van der Waals surface area contributed by atoms with Crippen molar-refractivity contribution in [3.8, 4) is 0 Å². The molecule has 2 fully saturated rings. The molecule has 0 aromatic carbocycles. The van der Waals surface area contributed by atoms with Gasteiger partial charge in [0.2, 0.25) is 0 Å². The van der Waals surface area contributed by atoms with Crippen molar-refractivity contribution in [1.82, 2.24) is 5.32 Å². The fraction of sp³-hybridized carbons (Fsp3) is 0.765. The van der Waals surface area contributed by atoms with Gasteiger partial charge in [-0.1, -0.05) is 25.8 Å². The van der Waals surface area contributed by atoms with Gasteiger partial charge in [0.15, 0.2) is 0 Å². The average molecular weight is 293 g/mol. The van der Waals surface area contributed by atoms with Gasteiger partial charge in [-0.15, -0.1) is 11.3 Å². The lowest BCUT2D eigenvalue weighted by Crippen LogP contribution is -2.42. The molecule has 1 aliphatic carbocycles. The van der Waals surface area contributed by atoms with E-state index in [9.17, 15) is 0 Å². The Morgan fingerprint density at radius 2 is 2.20 bits per heavy atom. The molecule has 0 bridgehead atoms. The SMILES string of the molecule is CCC1CC(NC(c2cccs2)C2CCCC2)CCO1. The molecule has 0 radical (unpaired) electrons. The van der Waals surface area contributed by atoms with E-state index in [4.69, 9.17) is 4.74 Å². The van der Waals surface area contributed by atoms with E-state index in [1.807, 2.05) is 11.3 Å². The summed E-state index contributed by atoms with van der Waals surface area (Å²) >= 11 is 1.92. The molecule has 1 saturated carbocycles. The van der Waals surface area contributed by atoms with Crippen LogP contribution in [0.5, 0.6) is 0 Å². The van der Waals surface area contributed by atoms with Gasteiger partial charge in [0.05, 0.1) is 6.10 Å². The maximum atomic E-state index is 5.82. The first-order chi connectivity index (χ1) is 9.86. The van der Waals surface area contributed by atoms with Crippen molar-refractivity contribution in [2.75, 3.05) is 6.61 Å². The predicted octanol–water partition coefficient (Wildman–Crippen LogP) is 4.53. The standard InChI is InChI=1S/C17H27NOS/c1-2-15-12-14(9-10-19-15)18-17(13-6-3-4-7-13)16-8-5-11-20-16/h5,8,11,13-15,17-18H,2-4,6-7,9-10,12H2,1H3. The van der Waals surface area contributed by atoms with Crippen molar-refractivity contribution in [3.63, 3.8) is 0 Å². The Bertz CT molecular complexity index is 386. The summed E-state index contributed by atoms with van der Waals surface area (Å²) in [5.74, 6) is 0.844. The van der Waals surface area contributed by atoms with Crippen LogP contribution in [0.15, 0.2) is 17.5 Å². The fourth-order valence-electron chi connectivity index (χ4n) is 3.78. The number of thiophene rings is 1. The lowest BCUT2D eigenvalue weighted by Gasteiger charge is -2.34. The summed E-state index contributed by atoms with van der Waals surface area (Å²) in [5, 5.41) is 6.22. The van der Waals surface area contributed by atoms with Gasteiger partial charge in [-0.25, -0.2) is 0 Å². The highest BCUT2D eigenvalue weighted by Crippen LogP contribution is 2.38. The van der Waals surface area contributed by atoms with Gasteiger partial charge in [-0.2, -0.15) is 0 Å². The van der Waals surface area contributed by atoms with Crippen molar-refractivity contribution in [2.24, 2.45) is 5.92 Å². The summed E-state index contributed by atoms with van der Waals surface area (Å²) in [6, 6.07) is 5.74. The zero-order valence-corrected chi connectivity index (χ0v) is 13.3.